The van der Waals surface area contributed by atoms with Crippen LogP contribution in [-0.4, -0.2) is 16.8 Å². The number of nitrogens with zero attached hydrogens (tertiary/aromatic N) is 2. The van der Waals surface area contributed by atoms with Gasteiger partial charge in [0, 0.05) is 18.3 Å². The van der Waals surface area contributed by atoms with E-state index in [4.69, 9.17) is 0 Å². The van der Waals surface area contributed by atoms with Gasteiger partial charge in [0.15, 0.2) is 0 Å². The molecule has 1 atom stereocenters. The zero-order valence-electron chi connectivity index (χ0n) is 13.2. The van der Waals surface area contributed by atoms with Crippen LogP contribution in [0.25, 0.3) is 0 Å². The molecule has 0 bridgehead atoms. The molecule has 0 fully saturated rings. The van der Waals surface area contributed by atoms with Crippen LogP contribution in [0.1, 0.15) is 47.2 Å². The smallest absolute Gasteiger partial charge is 0.0610 e. The Kier molecular flexibility index (Phi) is 4.61. The quantitative estimate of drug-likeness (QED) is 0.901. The summed E-state index contributed by atoms with van der Waals surface area (Å²) in [7, 11) is 2.01. The van der Waals surface area contributed by atoms with Crippen molar-refractivity contribution in [2.75, 3.05) is 7.05 Å². The molecule has 108 valence electrons. The van der Waals surface area contributed by atoms with Gasteiger partial charge in [0.1, 0.15) is 0 Å². The van der Waals surface area contributed by atoms with E-state index in [9.17, 15) is 0 Å². The average molecular weight is 271 g/mol. The first-order chi connectivity index (χ1) is 9.56. The highest BCUT2D eigenvalue weighted by molar-refractivity contribution is 5.43. The van der Waals surface area contributed by atoms with Crippen LogP contribution in [0.4, 0.5) is 0 Å². The minimum absolute atomic E-state index is 0.209. The van der Waals surface area contributed by atoms with Crippen LogP contribution < -0.4 is 5.32 Å². The minimum Gasteiger partial charge on any atom is -0.309 e. The third-order valence-electron chi connectivity index (χ3n) is 3.75. The zero-order valence-corrected chi connectivity index (χ0v) is 13.2. The van der Waals surface area contributed by atoms with Crippen LogP contribution >= 0.6 is 0 Å². The molecule has 1 N–H and O–H groups in total. The highest BCUT2D eigenvalue weighted by Gasteiger charge is 2.18. The highest BCUT2D eigenvalue weighted by atomic mass is 15.3. The van der Waals surface area contributed by atoms with E-state index in [1.54, 1.807) is 0 Å². The summed E-state index contributed by atoms with van der Waals surface area (Å²) in [6.07, 6.45) is 5.24. The molecule has 0 saturated heterocycles. The van der Waals surface area contributed by atoms with E-state index in [1.165, 1.54) is 27.8 Å². The van der Waals surface area contributed by atoms with Gasteiger partial charge in [-0.15, -0.1) is 0 Å². The van der Waals surface area contributed by atoms with Gasteiger partial charge >= 0.3 is 0 Å². The van der Waals surface area contributed by atoms with Crippen LogP contribution in [0.5, 0.6) is 0 Å². The predicted molar refractivity (Wildman–Crippen MR) is 84.1 cm³/mol. The largest absolute Gasteiger partial charge is 0.309 e. The molecule has 0 aliphatic carbocycles. The fourth-order valence-corrected chi connectivity index (χ4v) is 3.00. The molecule has 1 aromatic carbocycles. The Labute approximate surface area is 122 Å². The molecule has 0 amide bonds. The Morgan fingerprint density at radius 3 is 2.40 bits per heavy atom. The second kappa shape index (κ2) is 6.23. The van der Waals surface area contributed by atoms with E-state index in [0.29, 0.717) is 0 Å². The first kappa shape index (κ1) is 14.8. The Morgan fingerprint density at radius 1 is 1.20 bits per heavy atom. The molecular weight excluding hydrogens is 246 g/mol. The number of rotatable bonds is 5. The molecule has 0 saturated carbocycles. The summed E-state index contributed by atoms with van der Waals surface area (Å²) in [5.41, 5.74) is 6.60. The van der Waals surface area contributed by atoms with Crippen LogP contribution in [0.2, 0.25) is 0 Å². The molecule has 1 aromatic heterocycles. The first-order valence-electron chi connectivity index (χ1n) is 7.34. The molecule has 2 aromatic rings. The average Bonchev–Trinajstić information content (AvgIpc) is 2.82. The molecule has 3 heteroatoms. The standard InChI is InChI=1S/C17H25N3/c1-6-7-20-11-15(10-19-20)17(18-5)16-13(3)8-12(2)9-14(16)4/h8-11,17-18H,6-7H2,1-5H3. The van der Waals surface area contributed by atoms with Crippen molar-refractivity contribution in [2.45, 2.75) is 46.7 Å². The Balaban J connectivity index is 2.41. The summed E-state index contributed by atoms with van der Waals surface area (Å²) in [6.45, 7) is 9.68. The summed E-state index contributed by atoms with van der Waals surface area (Å²) in [5, 5.41) is 7.89. The molecule has 0 spiro atoms. The van der Waals surface area contributed by atoms with Crippen molar-refractivity contribution in [1.82, 2.24) is 15.1 Å². The van der Waals surface area contributed by atoms with E-state index in [0.717, 1.165) is 13.0 Å². The lowest BCUT2D eigenvalue weighted by atomic mass is 9.91. The van der Waals surface area contributed by atoms with E-state index >= 15 is 0 Å². The van der Waals surface area contributed by atoms with Crippen molar-refractivity contribution in [3.05, 3.63) is 52.3 Å². The van der Waals surface area contributed by atoms with Gasteiger partial charge in [0.25, 0.3) is 0 Å². The van der Waals surface area contributed by atoms with E-state index in [-0.39, 0.29) is 6.04 Å². The second-order valence-corrected chi connectivity index (χ2v) is 5.57. The lowest BCUT2D eigenvalue weighted by Crippen LogP contribution is -2.19. The fraction of sp³-hybridized carbons (Fsp3) is 0.471. The van der Waals surface area contributed by atoms with Gasteiger partial charge < -0.3 is 5.32 Å². The maximum Gasteiger partial charge on any atom is 0.0610 e. The lowest BCUT2D eigenvalue weighted by Gasteiger charge is -2.21. The molecular formula is C17H25N3. The number of nitrogens with one attached hydrogen (secondary N) is 1. The summed E-state index contributed by atoms with van der Waals surface area (Å²) in [5.74, 6) is 0. The fourth-order valence-electron chi connectivity index (χ4n) is 3.00. The van der Waals surface area contributed by atoms with Gasteiger partial charge in [-0.3, -0.25) is 4.68 Å². The molecule has 3 nitrogen and oxygen atoms in total. The monoisotopic (exact) mass is 271 g/mol. The number of aryl methyl sites for hydroxylation is 4. The molecule has 1 unspecified atom stereocenters. The Bertz CT molecular complexity index is 561. The number of hydrogen-bond donors (Lipinski definition) is 1. The molecule has 1 heterocycles. The highest BCUT2D eigenvalue weighted by Crippen LogP contribution is 2.28. The van der Waals surface area contributed by atoms with Gasteiger partial charge in [0.2, 0.25) is 0 Å². The molecule has 2 rings (SSSR count). The van der Waals surface area contributed by atoms with Crippen molar-refractivity contribution in [2.24, 2.45) is 0 Å². The van der Waals surface area contributed by atoms with Crippen LogP contribution in [-0.2, 0) is 6.54 Å². The molecule has 0 aliphatic rings. The molecule has 0 aliphatic heterocycles. The SMILES string of the molecule is CCCn1cc(C(NC)c2c(C)cc(C)cc2C)cn1. The van der Waals surface area contributed by atoms with Crippen LogP contribution in [0.15, 0.2) is 24.5 Å². The van der Waals surface area contributed by atoms with E-state index in [2.05, 4.69) is 56.4 Å². The zero-order chi connectivity index (χ0) is 14.7. The maximum absolute atomic E-state index is 4.45. The molecule has 20 heavy (non-hydrogen) atoms. The van der Waals surface area contributed by atoms with Crippen molar-refractivity contribution < 1.29 is 0 Å². The summed E-state index contributed by atoms with van der Waals surface area (Å²) < 4.78 is 2.03. The van der Waals surface area contributed by atoms with Crippen LogP contribution in [0.3, 0.4) is 0 Å². The third kappa shape index (κ3) is 2.93. The minimum atomic E-state index is 0.209. The van der Waals surface area contributed by atoms with Crippen LogP contribution in [0, 0.1) is 20.8 Å². The van der Waals surface area contributed by atoms with Gasteiger partial charge in [0.05, 0.1) is 12.2 Å². The normalized spacial score (nSPS) is 12.7. The Hall–Kier alpha value is -1.61. The third-order valence-corrected chi connectivity index (χ3v) is 3.75. The Morgan fingerprint density at radius 2 is 1.85 bits per heavy atom. The summed E-state index contributed by atoms with van der Waals surface area (Å²) in [6, 6.07) is 4.72. The van der Waals surface area contributed by atoms with Crippen molar-refractivity contribution in [3.63, 3.8) is 0 Å². The summed E-state index contributed by atoms with van der Waals surface area (Å²) >= 11 is 0. The maximum atomic E-state index is 4.45. The van der Waals surface area contributed by atoms with Gasteiger partial charge in [-0.05, 0) is 50.9 Å². The first-order valence-corrected chi connectivity index (χ1v) is 7.34. The predicted octanol–water partition coefficient (Wildman–Crippen LogP) is 3.53. The summed E-state index contributed by atoms with van der Waals surface area (Å²) in [4.78, 5) is 0. The second-order valence-electron chi connectivity index (χ2n) is 5.57. The van der Waals surface area contributed by atoms with Crippen molar-refractivity contribution >= 4 is 0 Å². The number of benzene rings is 1. The topological polar surface area (TPSA) is 29.9 Å². The van der Waals surface area contributed by atoms with Crippen molar-refractivity contribution in [3.8, 4) is 0 Å². The lowest BCUT2D eigenvalue weighted by molar-refractivity contribution is 0.600. The number of hydrogen-bond acceptors (Lipinski definition) is 2. The van der Waals surface area contributed by atoms with Gasteiger partial charge in [-0.1, -0.05) is 24.6 Å². The molecule has 0 radical (unpaired) electrons. The van der Waals surface area contributed by atoms with Crippen molar-refractivity contribution in [1.29, 1.82) is 0 Å². The number of aromatic nitrogens is 2. The van der Waals surface area contributed by atoms with Gasteiger partial charge in [-0.2, -0.15) is 5.10 Å². The van der Waals surface area contributed by atoms with E-state index in [1.807, 2.05) is 17.9 Å². The van der Waals surface area contributed by atoms with Gasteiger partial charge in [-0.25, -0.2) is 0 Å². The van der Waals surface area contributed by atoms with E-state index < -0.39 is 0 Å².